The molecule has 0 radical (unpaired) electrons. The van der Waals surface area contributed by atoms with Gasteiger partial charge in [0.1, 0.15) is 0 Å². The molecule has 5 heteroatoms. The molecule has 1 aromatic rings. The van der Waals surface area contributed by atoms with Crippen LogP contribution in [0.2, 0.25) is 0 Å². The maximum absolute atomic E-state index is 12.2. The first-order valence-electron chi connectivity index (χ1n) is 10.1. The smallest absolute Gasteiger partial charge is 0.220 e. The molecule has 0 aromatic heterocycles. The number of likely N-dealkylation sites (tertiary alicyclic amines) is 1. The van der Waals surface area contributed by atoms with Crippen LogP contribution >= 0.6 is 0 Å². The van der Waals surface area contributed by atoms with Crippen LogP contribution in [0.4, 0.5) is 0 Å². The first-order valence-corrected chi connectivity index (χ1v) is 10.1. The van der Waals surface area contributed by atoms with Crippen molar-refractivity contribution in [2.24, 2.45) is 0 Å². The van der Waals surface area contributed by atoms with Gasteiger partial charge in [-0.1, -0.05) is 24.3 Å². The van der Waals surface area contributed by atoms with Gasteiger partial charge in [0, 0.05) is 38.6 Å². The van der Waals surface area contributed by atoms with Gasteiger partial charge in [-0.2, -0.15) is 0 Å². The van der Waals surface area contributed by atoms with E-state index in [1.54, 1.807) is 0 Å². The molecule has 1 unspecified atom stereocenters. The third kappa shape index (κ3) is 6.08. The Morgan fingerprint density at radius 3 is 2.65 bits per heavy atom. The third-order valence-corrected chi connectivity index (χ3v) is 5.54. The molecule has 0 spiro atoms. The van der Waals surface area contributed by atoms with E-state index in [0.717, 1.165) is 39.3 Å². The van der Waals surface area contributed by atoms with Crippen molar-refractivity contribution in [2.75, 3.05) is 39.4 Å². The van der Waals surface area contributed by atoms with Gasteiger partial charge in [0.15, 0.2) is 0 Å². The Hall–Kier alpha value is -1.43. The van der Waals surface area contributed by atoms with E-state index in [2.05, 4.69) is 46.3 Å². The Balaban J connectivity index is 1.38. The molecule has 26 heavy (non-hydrogen) atoms. The molecule has 1 aromatic carbocycles. The zero-order chi connectivity index (χ0) is 18.2. The van der Waals surface area contributed by atoms with Crippen LogP contribution in [0, 0.1) is 0 Å². The molecule has 3 rings (SSSR count). The highest BCUT2D eigenvalue weighted by atomic mass is 16.5. The number of ether oxygens (including phenoxy) is 1. The van der Waals surface area contributed by atoms with Crippen molar-refractivity contribution in [2.45, 2.75) is 51.7 Å². The molecule has 1 N–H and O–H groups in total. The summed E-state index contributed by atoms with van der Waals surface area (Å²) < 4.78 is 5.39. The Morgan fingerprint density at radius 1 is 1.15 bits per heavy atom. The lowest BCUT2D eigenvalue weighted by atomic mass is 10.1. The van der Waals surface area contributed by atoms with Crippen molar-refractivity contribution in [1.29, 1.82) is 0 Å². The normalized spacial score (nSPS) is 20.2. The lowest BCUT2D eigenvalue weighted by Crippen LogP contribution is -2.42. The van der Waals surface area contributed by atoms with Gasteiger partial charge in [0.25, 0.3) is 0 Å². The van der Waals surface area contributed by atoms with Crippen molar-refractivity contribution in [1.82, 2.24) is 15.1 Å². The minimum atomic E-state index is 0.148. The van der Waals surface area contributed by atoms with E-state index in [4.69, 9.17) is 4.74 Å². The molecular formula is C21H33N3O2. The minimum absolute atomic E-state index is 0.148. The number of rotatable bonds is 8. The molecular weight excluding hydrogens is 326 g/mol. The van der Waals surface area contributed by atoms with E-state index in [1.165, 1.54) is 37.1 Å². The zero-order valence-electron chi connectivity index (χ0n) is 16.1. The van der Waals surface area contributed by atoms with Crippen LogP contribution in [-0.4, -0.2) is 61.1 Å². The summed E-state index contributed by atoms with van der Waals surface area (Å²) in [6.07, 6.45) is 4.13. The summed E-state index contributed by atoms with van der Waals surface area (Å²) >= 11 is 0. The average molecular weight is 360 g/mol. The monoisotopic (exact) mass is 359 g/mol. The Bertz CT molecular complexity index is 566. The number of benzene rings is 1. The van der Waals surface area contributed by atoms with E-state index in [1.807, 2.05) is 0 Å². The van der Waals surface area contributed by atoms with Gasteiger partial charge in [-0.25, -0.2) is 0 Å². The number of hydrogen-bond acceptors (Lipinski definition) is 4. The van der Waals surface area contributed by atoms with Gasteiger partial charge in [-0.3, -0.25) is 14.6 Å². The van der Waals surface area contributed by atoms with E-state index < -0.39 is 0 Å². The van der Waals surface area contributed by atoms with E-state index in [9.17, 15) is 4.79 Å². The number of nitrogens with one attached hydrogen (secondary N) is 1. The highest BCUT2D eigenvalue weighted by molar-refractivity contribution is 5.75. The number of nitrogens with zero attached hydrogens (tertiary/aromatic N) is 2. The molecule has 0 aliphatic carbocycles. The number of amides is 1. The minimum Gasteiger partial charge on any atom is -0.379 e. The second kappa shape index (κ2) is 10.0. The number of hydrogen-bond donors (Lipinski definition) is 1. The summed E-state index contributed by atoms with van der Waals surface area (Å²) in [5.74, 6) is 0.148. The van der Waals surface area contributed by atoms with Crippen molar-refractivity contribution >= 4 is 5.91 Å². The van der Waals surface area contributed by atoms with Gasteiger partial charge in [0.05, 0.1) is 13.2 Å². The van der Waals surface area contributed by atoms with Crippen molar-refractivity contribution in [3.8, 4) is 0 Å². The van der Waals surface area contributed by atoms with Crippen LogP contribution in [0.25, 0.3) is 0 Å². The fraction of sp³-hybridized carbons (Fsp3) is 0.667. The average Bonchev–Trinajstić information content (AvgIpc) is 3.18. The van der Waals surface area contributed by atoms with E-state index >= 15 is 0 Å². The van der Waals surface area contributed by atoms with E-state index in [-0.39, 0.29) is 5.91 Å². The molecule has 2 fully saturated rings. The second-order valence-electron chi connectivity index (χ2n) is 7.62. The topological polar surface area (TPSA) is 44.8 Å². The first-order chi connectivity index (χ1) is 12.7. The standard InChI is InChI=1S/C21H33N3O2/c1-18(24-11-13-26-14-12-24)7-8-21(25)22-16-19-5-4-6-20(15-19)17-23-9-2-3-10-23/h4-6,15,18H,2-3,7-14,16-17H2,1H3,(H,22,25). The molecule has 0 bridgehead atoms. The Kier molecular flexibility index (Phi) is 7.47. The van der Waals surface area contributed by atoms with Gasteiger partial charge in [0.2, 0.25) is 5.91 Å². The Labute approximate surface area is 157 Å². The zero-order valence-corrected chi connectivity index (χ0v) is 16.1. The van der Waals surface area contributed by atoms with Gasteiger partial charge >= 0.3 is 0 Å². The highest BCUT2D eigenvalue weighted by Crippen LogP contribution is 2.14. The summed E-state index contributed by atoms with van der Waals surface area (Å²) in [7, 11) is 0. The van der Waals surface area contributed by atoms with Crippen LogP contribution < -0.4 is 5.32 Å². The maximum Gasteiger partial charge on any atom is 0.220 e. The molecule has 2 aliphatic heterocycles. The third-order valence-electron chi connectivity index (χ3n) is 5.54. The number of carbonyl (C=O) groups is 1. The summed E-state index contributed by atoms with van der Waals surface area (Å²) in [5, 5.41) is 3.08. The predicted octanol–water partition coefficient (Wildman–Crippen LogP) is 2.40. The molecule has 1 atom stereocenters. The quantitative estimate of drug-likeness (QED) is 0.774. The molecule has 144 valence electrons. The van der Waals surface area contributed by atoms with Crippen LogP contribution in [0.3, 0.4) is 0 Å². The molecule has 2 heterocycles. The lowest BCUT2D eigenvalue weighted by Gasteiger charge is -2.32. The van der Waals surface area contributed by atoms with Gasteiger partial charge in [-0.05, 0) is 50.4 Å². The van der Waals surface area contributed by atoms with Crippen molar-refractivity contribution in [3.05, 3.63) is 35.4 Å². The Morgan fingerprint density at radius 2 is 1.88 bits per heavy atom. The second-order valence-corrected chi connectivity index (χ2v) is 7.62. The SMILES string of the molecule is CC(CCC(=O)NCc1cccc(CN2CCCC2)c1)N1CCOCC1. The summed E-state index contributed by atoms with van der Waals surface area (Å²) in [4.78, 5) is 17.1. The number of morpholine rings is 1. The fourth-order valence-corrected chi connectivity index (χ4v) is 3.87. The molecule has 2 saturated heterocycles. The predicted molar refractivity (Wildman–Crippen MR) is 104 cm³/mol. The first kappa shape index (κ1) is 19.3. The summed E-state index contributed by atoms with van der Waals surface area (Å²) in [6.45, 7) is 9.86. The largest absolute Gasteiger partial charge is 0.379 e. The van der Waals surface area contributed by atoms with Crippen molar-refractivity contribution in [3.63, 3.8) is 0 Å². The van der Waals surface area contributed by atoms with E-state index in [0.29, 0.717) is 19.0 Å². The van der Waals surface area contributed by atoms with Crippen LogP contribution in [0.1, 0.15) is 43.7 Å². The van der Waals surface area contributed by atoms with Crippen LogP contribution in [0.15, 0.2) is 24.3 Å². The van der Waals surface area contributed by atoms with Crippen LogP contribution in [0.5, 0.6) is 0 Å². The molecule has 1 amide bonds. The summed E-state index contributed by atoms with van der Waals surface area (Å²) in [5.41, 5.74) is 2.54. The lowest BCUT2D eigenvalue weighted by molar-refractivity contribution is -0.121. The van der Waals surface area contributed by atoms with Crippen LogP contribution in [-0.2, 0) is 22.6 Å². The van der Waals surface area contributed by atoms with Gasteiger partial charge < -0.3 is 10.1 Å². The maximum atomic E-state index is 12.2. The van der Waals surface area contributed by atoms with Gasteiger partial charge in [-0.15, -0.1) is 0 Å². The number of carbonyl (C=O) groups excluding carboxylic acids is 1. The summed E-state index contributed by atoms with van der Waals surface area (Å²) in [6, 6.07) is 9.06. The molecule has 0 saturated carbocycles. The van der Waals surface area contributed by atoms with Crippen molar-refractivity contribution < 1.29 is 9.53 Å². The molecule has 5 nitrogen and oxygen atoms in total. The molecule has 2 aliphatic rings. The highest BCUT2D eigenvalue weighted by Gasteiger charge is 2.17. The fourth-order valence-electron chi connectivity index (χ4n) is 3.87.